The molecule has 0 N–H and O–H groups in total. The number of benzene rings is 2. The van der Waals surface area contributed by atoms with Gasteiger partial charge in [0.05, 0.1) is 30.9 Å². The van der Waals surface area contributed by atoms with E-state index in [0.29, 0.717) is 33.5 Å². The Morgan fingerprint density at radius 3 is 2.12 bits per heavy atom. The van der Waals surface area contributed by atoms with Crippen LogP contribution in [0.1, 0.15) is 42.5 Å². The number of hydrogen-bond donors (Lipinski definition) is 0. The lowest BCUT2D eigenvalue weighted by atomic mass is 10.0. The minimum atomic E-state index is -0.212. The van der Waals surface area contributed by atoms with Crippen molar-refractivity contribution >= 4 is 22.4 Å². The van der Waals surface area contributed by atoms with Gasteiger partial charge in [-0.2, -0.15) is 0 Å². The first-order chi connectivity index (χ1) is 16.4. The lowest BCUT2D eigenvalue weighted by Crippen LogP contribution is -2.35. The van der Waals surface area contributed by atoms with E-state index in [-0.39, 0.29) is 11.5 Å². The number of ether oxygens (including phenoxy) is 2. The number of nitrogens with zero attached hydrogens (tertiary/aromatic N) is 3. The Bertz CT molecular complexity index is 1240. The molecule has 7 nitrogen and oxygen atoms in total. The molecule has 0 aliphatic carbocycles. The maximum atomic E-state index is 13.8. The van der Waals surface area contributed by atoms with Gasteiger partial charge < -0.3 is 19.3 Å². The van der Waals surface area contributed by atoms with Crippen LogP contribution in [0.4, 0.5) is 5.69 Å². The molecular weight excluding hydrogens is 430 g/mol. The van der Waals surface area contributed by atoms with E-state index < -0.39 is 0 Å². The summed E-state index contributed by atoms with van der Waals surface area (Å²) < 4.78 is 12.5. The van der Waals surface area contributed by atoms with Gasteiger partial charge in [-0.3, -0.25) is 14.2 Å². The average molecular weight is 464 g/mol. The van der Waals surface area contributed by atoms with Gasteiger partial charge >= 0.3 is 0 Å². The largest absolute Gasteiger partial charge is 0.493 e. The van der Waals surface area contributed by atoms with E-state index >= 15 is 0 Å². The molecule has 2 aromatic carbocycles. The van der Waals surface area contributed by atoms with Crippen LogP contribution in [0.25, 0.3) is 16.5 Å². The summed E-state index contributed by atoms with van der Waals surface area (Å²) in [5.41, 5.74) is 1.95. The highest BCUT2D eigenvalue weighted by atomic mass is 16.5. The molecule has 180 valence electrons. The van der Waals surface area contributed by atoms with Crippen molar-refractivity contribution in [2.75, 3.05) is 46.3 Å². The van der Waals surface area contributed by atoms with Crippen LogP contribution in [0.3, 0.4) is 0 Å². The zero-order chi connectivity index (χ0) is 24.2. The van der Waals surface area contributed by atoms with Crippen molar-refractivity contribution in [2.45, 2.75) is 32.1 Å². The van der Waals surface area contributed by atoms with Crippen molar-refractivity contribution in [3.05, 3.63) is 58.5 Å². The van der Waals surface area contributed by atoms with Crippen molar-refractivity contribution in [3.8, 4) is 17.2 Å². The van der Waals surface area contributed by atoms with Crippen LogP contribution in [-0.4, -0.2) is 56.8 Å². The smallest absolute Gasteiger partial charge is 0.263 e. The monoisotopic (exact) mass is 463 g/mol. The standard InChI is InChI=1S/C27H33N3O4/c1-28(2)19-11-10-12-20(15-19)30-18-23(26(31)29-13-8-6-5-7-9-14-29)21-16-24(33-3)25(34-4)17-22(21)27(30)32/h10-12,15-18H,5-9,13-14H2,1-4H3. The fraction of sp³-hybridized carbons (Fsp3) is 0.407. The average Bonchev–Trinajstić information content (AvgIpc) is 2.83. The Balaban J connectivity index is 1.95. The lowest BCUT2D eigenvalue weighted by molar-refractivity contribution is 0.0743. The van der Waals surface area contributed by atoms with E-state index in [2.05, 4.69) is 0 Å². The van der Waals surface area contributed by atoms with Gasteiger partial charge in [0.2, 0.25) is 0 Å². The molecule has 0 saturated carbocycles. The normalized spacial score (nSPS) is 14.4. The Labute approximate surface area is 200 Å². The Morgan fingerprint density at radius 1 is 0.882 bits per heavy atom. The van der Waals surface area contributed by atoms with Gasteiger partial charge in [0.1, 0.15) is 0 Å². The van der Waals surface area contributed by atoms with E-state index in [1.54, 1.807) is 30.0 Å². The molecule has 0 bridgehead atoms. The van der Waals surface area contributed by atoms with Crippen molar-refractivity contribution in [1.82, 2.24) is 9.47 Å². The molecule has 34 heavy (non-hydrogen) atoms. The van der Waals surface area contributed by atoms with Gasteiger partial charge in [-0.15, -0.1) is 0 Å². The zero-order valence-corrected chi connectivity index (χ0v) is 20.5. The van der Waals surface area contributed by atoms with E-state index in [9.17, 15) is 9.59 Å². The number of anilines is 1. The summed E-state index contributed by atoms with van der Waals surface area (Å²) in [5.74, 6) is 0.886. The van der Waals surface area contributed by atoms with Gasteiger partial charge in [-0.1, -0.05) is 25.3 Å². The summed E-state index contributed by atoms with van der Waals surface area (Å²) in [6.45, 7) is 1.45. The molecule has 1 saturated heterocycles. The molecule has 1 amide bonds. The van der Waals surface area contributed by atoms with Crippen LogP contribution < -0.4 is 19.9 Å². The number of rotatable bonds is 5. The molecule has 7 heteroatoms. The minimum Gasteiger partial charge on any atom is -0.493 e. The zero-order valence-electron chi connectivity index (χ0n) is 20.5. The Kier molecular flexibility index (Phi) is 7.10. The minimum absolute atomic E-state index is 0.0587. The number of carbonyl (C=O) groups is 1. The van der Waals surface area contributed by atoms with Crippen LogP contribution in [0.2, 0.25) is 0 Å². The number of fused-ring (bicyclic) bond motifs is 1. The van der Waals surface area contributed by atoms with Crippen LogP contribution in [0, 0.1) is 0 Å². The second-order valence-electron chi connectivity index (χ2n) is 8.94. The molecule has 1 aliphatic rings. The van der Waals surface area contributed by atoms with Crippen LogP contribution in [-0.2, 0) is 0 Å². The predicted octanol–water partition coefficient (Wildman–Crippen LogP) is 4.48. The van der Waals surface area contributed by atoms with Crippen molar-refractivity contribution in [1.29, 1.82) is 0 Å². The SMILES string of the molecule is COc1cc2c(C(=O)N3CCCCCCC3)cn(-c3cccc(N(C)C)c3)c(=O)c2cc1OC. The quantitative estimate of drug-likeness (QED) is 0.558. The first-order valence-corrected chi connectivity index (χ1v) is 11.8. The summed E-state index contributed by atoms with van der Waals surface area (Å²) in [6.07, 6.45) is 7.15. The van der Waals surface area contributed by atoms with Gasteiger partial charge in [-0.05, 0) is 43.2 Å². The molecule has 2 heterocycles. The number of methoxy groups -OCH3 is 2. The molecule has 3 aromatic rings. The Morgan fingerprint density at radius 2 is 1.50 bits per heavy atom. The predicted molar refractivity (Wildman–Crippen MR) is 136 cm³/mol. The van der Waals surface area contributed by atoms with Crippen molar-refractivity contribution < 1.29 is 14.3 Å². The van der Waals surface area contributed by atoms with E-state index in [1.165, 1.54) is 13.5 Å². The summed E-state index contributed by atoms with van der Waals surface area (Å²) >= 11 is 0. The molecule has 1 aromatic heterocycles. The van der Waals surface area contributed by atoms with Crippen LogP contribution in [0.15, 0.2) is 47.4 Å². The number of amides is 1. The summed E-state index contributed by atoms with van der Waals surface area (Å²) in [7, 11) is 7.00. The molecule has 0 unspecified atom stereocenters. The molecule has 0 atom stereocenters. The first kappa shape index (κ1) is 23.7. The summed E-state index contributed by atoms with van der Waals surface area (Å²) in [4.78, 5) is 31.4. The number of likely N-dealkylation sites (tertiary alicyclic amines) is 1. The van der Waals surface area contributed by atoms with Crippen molar-refractivity contribution in [3.63, 3.8) is 0 Å². The highest BCUT2D eigenvalue weighted by Gasteiger charge is 2.23. The molecule has 1 fully saturated rings. The van der Waals surface area contributed by atoms with Gasteiger partial charge in [0, 0.05) is 44.5 Å². The maximum absolute atomic E-state index is 13.8. The molecular formula is C27H33N3O4. The second-order valence-corrected chi connectivity index (χ2v) is 8.94. The first-order valence-electron chi connectivity index (χ1n) is 11.8. The topological polar surface area (TPSA) is 64.0 Å². The fourth-order valence-electron chi connectivity index (χ4n) is 4.57. The molecule has 1 aliphatic heterocycles. The Hall–Kier alpha value is -3.48. The third-order valence-electron chi connectivity index (χ3n) is 6.52. The number of aromatic nitrogens is 1. The van der Waals surface area contributed by atoms with Gasteiger partial charge in [0.25, 0.3) is 11.5 Å². The highest BCUT2D eigenvalue weighted by molar-refractivity contribution is 6.07. The lowest BCUT2D eigenvalue weighted by Gasteiger charge is -2.26. The van der Waals surface area contributed by atoms with E-state index in [1.807, 2.05) is 48.2 Å². The molecule has 0 spiro atoms. The van der Waals surface area contributed by atoms with Crippen LogP contribution in [0.5, 0.6) is 11.5 Å². The van der Waals surface area contributed by atoms with Gasteiger partial charge in [-0.25, -0.2) is 0 Å². The number of carbonyl (C=O) groups excluding carboxylic acids is 1. The third-order valence-corrected chi connectivity index (χ3v) is 6.52. The van der Waals surface area contributed by atoms with Crippen molar-refractivity contribution in [2.24, 2.45) is 0 Å². The van der Waals surface area contributed by atoms with Gasteiger partial charge in [0.15, 0.2) is 11.5 Å². The number of pyridine rings is 1. The fourth-order valence-corrected chi connectivity index (χ4v) is 4.57. The summed E-state index contributed by atoms with van der Waals surface area (Å²) in [6, 6.07) is 11.1. The second kappa shape index (κ2) is 10.2. The molecule has 0 radical (unpaired) electrons. The maximum Gasteiger partial charge on any atom is 0.263 e. The van der Waals surface area contributed by atoms with E-state index in [0.717, 1.165) is 44.5 Å². The van der Waals surface area contributed by atoms with Crippen LogP contribution >= 0.6 is 0 Å². The third kappa shape index (κ3) is 4.60. The number of hydrogen-bond acceptors (Lipinski definition) is 5. The van der Waals surface area contributed by atoms with E-state index in [4.69, 9.17) is 9.47 Å². The molecule has 4 rings (SSSR count). The highest BCUT2D eigenvalue weighted by Crippen LogP contribution is 2.33. The summed E-state index contributed by atoms with van der Waals surface area (Å²) in [5, 5.41) is 1.00.